The van der Waals surface area contributed by atoms with Crippen molar-refractivity contribution in [2.24, 2.45) is 0 Å². The van der Waals surface area contributed by atoms with Gasteiger partial charge in [0.2, 0.25) is 0 Å². The zero-order chi connectivity index (χ0) is 13.8. The van der Waals surface area contributed by atoms with Gasteiger partial charge in [0.15, 0.2) is 5.78 Å². The lowest BCUT2D eigenvalue weighted by atomic mass is 10.0. The first kappa shape index (κ1) is 13.0. The smallest absolute Gasteiger partial charge is 0.308 e. The van der Waals surface area contributed by atoms with E-state index in [1.54, 1.807) is 36.4 Å². The standard InChI is InChI=1S/C16H14O3/c1-11-3-5-13(6-4-11)16(18)14-7-9-15(10-8-14)19-12(2)17/h3-10H,1-2H3. The number of esters is 1. The van der Waals surface area contributed by atoms with Gasteiger partial charge in [-0.25, -0.2) is 0 Å². The summed E-state index contributed by atoms with van der Waals surface area (Å²) in [6.45, 7) is 3.31. The van der Waals surface area contributed by atoms with Gasteiger partial charge < -0.3 is 4.74 Å². The molecule has 96 valence electrons. The molecule has 0 bridgehead atoms. The van der Waals surface area contributed by atoms with E-state index in [1.165, 1.54) is 6.92 Å². The first-order chi connectivity index (χ1) is 9.06. The second-order valence-electron chi connectivity index (χ2n) is 4.31. The third-order valence-electron chi connectivity index (χ3n) is 2.69. The Hall–Kier alpha value is -2.42. The van der Waals surface area contributed by atoms with E-state index < -0.39 is 0 Å². The number of carbonyl (C=O) groups is 2. The fraction of sp³-hybridized carbons (Fsp3) is 0.125. The maximum atomic E-state index is 12.2. The Bertz CT molecular complexity index is 595. The van der Waals surface area contributed by atoms with Crippen molar-refractivity contribution in [3.63, 3.8) is 0 Å². The summed E-state index contributed by atoms with van der Waals surface area (Å²) in [6.07, 6.45) is 0. The number of ketones is 1. The highest BCUT2D eigenvalue weighted by atomic mass is 16.5. The highest BCUT2D eigenvalue weighted by Gasteiger charge is 2.09. The van der Waals surface area contributed by atoms with Gasteiger partial charge in [-0.3, -0.25) is 9.59 Å². The molecule has 3 nitrogen and oxygen atoms in total. The van der Waals surface area contributed by atoms with Gasteiger partial charge in [0, 0.05) is 18.1 Å². The molecule has 0 aliphatic carbocycles. The molecule has 0 N–H and O–H groups in total. The van der Waals surface area contributed by atoms with Gasteiger partial charge in [0.05, 0.1) is 0 Å². The Morgan fingerprint density at radius 3 is 1.79 bits per heavy atom. The van der Waals surface area contributed by atoms with Crippen molar-refractivity contribution in [1.82, 2.24) is 0 Å². The number of hydrogen-bond acceptors (Lipinski definition) is 3. The first-order valence-electron chi connectivity index (χ1n) is 5.96. The number of benzene rings is 2. The molecule has 3 heteroatoms. The number of hydrogen-bond donors (Lipinski definition) is 0. The van der Waals surface area contributed by atoms with Crippen LogP contribution in [0.5, 0.6) is 5.75 Å². The Balaban J connectivity index is 2.20. The molecule has 2 aromatic rings. The fourth-order valence-electron chi connectivity index (χ4n) is 1.71. The third kappa shape index (κ3) is 3.28. The van der Waals surface area contributed by atoms with Crippen LogP contribution in [0.4, 0.5) is 0 Å². The average Bonchev–Trinajstić information content (AvgIpc) is 2.39. The van der Waals surface area contributed by atoms with Crippen molar-refractivity contribution in [1.29, 1.82) is 0 Å². The molecular formula is C16H14O3. The van der Waals surface area contributed by atoms with Crippen LogP contribution in [0.15, 0.2) is 48.5 Å². The van der Waals surface area contributed by atoms with Gasteiger partial charge >= 0.3 is 5.97 Å². The average molecular weight is 254 g/mol. The molecule has 0 fully saturated rings. The first-order valence-corrected chi connectivity index (χ1v) is 5.96. The molecule has 0 aliphatic heterocycles. The van der Waals surface area contributed by atoms with E-state index in [-0.39, 0.29) is 11.8 Å². The molecule has 2 aromatic carbocycles. The summed E-state index contributed by atoms with van der Waals surface area (Å²) in [7, 11) is 0. The van der Waals surface area contributed by atoms with E-state index in [1.807, 2.05) is 19.1 Å². The molecule has 0 saturated carbocycles. The summed E-state index contributed by atoms with van der Waals surface area (Å²) in [4.78, 5) is 23.0. The Labute approximate surface area is 111 Å². The fourth-order valence-corrected chi connectivity index (χ4v) is 1.71. The Morgan fingerprint density at radius 1 is 0.842 bits per heavy atom. The molecule has 0 aliphatic rings. The van der Waals surface area contributed by atoms with Crippen molar-refractivity contribution in [3.05, 3.63) is 65.2 Å². The van der Waals surface area contributed by atoms with Crippen LogP contribution >= 0.6 is 0 Å². The predicted molar refractivity (Wildman–Crippen MR) is 72.4 cm³/mol. The summed E-state index contributed by atoms with van der Waals surface area (Å²) in [6, 6.07) is 13.9. The van der Waals surface area contributed by atoms with Gasteiger partial charge in [0.1, 0.15) is 5.75 Å². The molecule has 0 saturated heterocycles. The van der Waals surface area contributed by atoms with E-state index in [0.717, 1.165) is 5.56 Å². The highest BCUT2D eigenvalue weighted by Crippen LogP contribution is 2.16. The van der Waals surface area contributed by atoms with Gasteiger partial charge in [-0.05, 0) is 31.2 Å². The minimum atomic E-state index is -0.377. The summed E-state index contributed by atoms with van der Waals surface area (Å²) in [5, 5.41) is 0. The normalized spacial score (nSPS) is 10.0. The van der Waals surface area contributed by atoms with Crippen LogP contribution in [0, 0.1) is 6.92 Å². The third-order valence-corrected chi connectivity index (χ3v) is 2.69. The lowest BCUT2D eigenvalue weighted by molar-refractivity contribution is -0.131. The van der Waals surface area contributed by atoms with Crippen LogP contribution < -0.4 is 4.74 Å². The van der Waals surface area contributed by atoms with Gasteiger partial charge in [-0.2, -0.15) is 0 Å². The van der Waals surface area contributed by atoms with Crippen molar-refractivity contribution in [2.45, 2.75) is 13.8 Å². The van der Waals surface area contributed by atoms with Crippen LogP contribution in [-0.4, -0.2) is 11.8 Å². The molecule has 0 heterocycles. The largest absolute Gasteiger partial charge is 0.427 e. The summed E-state index contributed by atoms with van der Waals surface area (Å²) in [5.74, 6) is 0.0138. The lowest BCUT2D eigenvalue weighted by Gasteiger charge is -2.04. The SMILES string of the molecule is CC(=O)Oc1ccc(C(=O)c2ccc(C)cc2)cc1. The van der Waals surface area contributed by atoms with E-state index >= 15 is 0 Å². The van der Waals surface area contributed by atoms with Crippen LogP contribution in [0.2, 0.25) is 0 Å². The molecule has 0 atom stereocenters. The quantitative estimate of drug-likeness (QED) is 0.480. The van der Waals surface area contributed by atoms with Gasteiger partial charge in [-0.1, -0.05) is 29.8 Å². The summed E-state index contributed by atoms with van der Waals surface area (Å²) >= 11 is 0. The second-order valence-corrected chi connectivity index (χ2v) is 4.31. The van der Waals surface area contributed by atoms with Crippen LogP contribution in [-0.2, 0) is 4.79 Å². The minimum absolute atomic E-state index is 0.0469. The Morgan fingerprint density at radius 2 is 1.32 bits per heavy atom. The summed E-state index contributed by atoms with van der Waals surface area (Å²) in [5.41, 5.74) is 2.33. The molecule has 0 amide bonds. The van der Waals surface area contributed by atoms with Crippen LogP contribution in [0.3, 0.4) is 0 Å². The lowest BCUT2D eigenvalue weighted by Crippen LogP contribution is -2.03. The van der Waals surface area contributed by atoms with Crippen molar-refractivity contribution < 1.29 is 14.3 Å². The summed E-state index contributed by atoms with van der Waals surface area (Å²) < 4.78 is 4.92. The molecule has 0 spiro atoms. The number of rotatable bonds is 3. The highest BCUT2D eigenvalue weighted by molar-refractivity contribution is 6.09. The van der Waals surface area contributed by atoms with Crippen LogP contribution in [0.1, 0.15) is 28.4 Å². The maximum absolute atomic E-state index is 12.2. The van der Waals surface area contributed by atoms with E-state index in [9.17, 15) is 9.59 Å². The van der Waals surface area contributed by atoms with Crippen molar-refractivity contribution >= 4 is 11.8 Å². The zero-order valence-electron chi connectivity index (χ0n) is 10.8. The minimum Gasteiger partial charge on any atom is -0.427 e. The predicted octanol–water partition coefficient (Wildman–Crippen LogP) is 3.15. The number of aryl methyl sites for hydroxylation is 1. The number of carbonyl (C=O) groups excluding carboxylic acids is 2. The van der Waals surface area contributed by atoms with Crippen LogP contribution in [0.25, 0.3) is 0 Å². The van der Waals surface area contributed by atoms with Gasteiger partial charge in [-0.15, -0.1) is 0 Å². The maximum Gasteiger partial charge on any atom is 0.308 e. The molecule has 0 unspecified atom stereocenters. The topological polar surface area (TPSA) is 43.4 Å². The molecule has 0 aromatic heterocycles. The zero-order valence-corrected chi connectivity index (χ0v) is 10.8. The van der Waals surface area contributed by atoms with Crippen molar-refractivity contribution in [2.75, 3.05) is 0 Å². The second kappa shape index (κ2) is 5.48. The van der Waals surface area contributed by atoms with Crippen molar-refractivity contribution in [3.8, 4) is 5.75 Å². The molecular weight excluding hydrogens is 240 g/mol. The van der Waals surface area contributed by atoms with E-state index in [2.05, 4.69) is 0 Å². The van der Waals surface area contributed by atoms with E-state index in [0.29, 0.717) is 16.9 Å². The molecule has 19 heavy (non-hydrogen) atoms. The van der Waals surface area contributed by atoms with E-state index in [4.69, 9.17) is 4.74 Å². The Kier molecular flexibility index (Phi) is 3.76. The number of ether oxygens (including phenoxy) is 1. The molecule has 2 rings (SSSR count). The van der Waals surface area contributed by atoms with Gasteiger partial charge in [0.25, 0.3) is 0 Å². The monoisotopic (exact) mass is 254 g/mol. The molecule has 0 radical (unpaired) electrons.